The first-order chi connectivity index (χ1) is 10.2. The van der Waals surface area contributed by atoms with Crippen LogP contribution in [0.3, 0.4) is 0 Å². The van der Waals surface area contributed by atoms with E-state index in [0.717, 1.165) is 15.7 Å². The van der Waals surface area contributed by atoms with Gasteiger partial charge in [0, 0.05) is 15.7 Å². The van der Waals surface area contributed by atoms with Gasteiger partial charge in [-0.1, -0.05) is 15.9 Å². The monoisotopic (exact) mass is 345 g/mol. The number of nitrogens with zero attached hydrogens (tertiary/aromatic N) is 4. The van der Waals surface area contributed by atoms with Gasteiger partial charge in [-0.25, -0.2) is 0 Å². The summed E-state index contributed by atoms with van der Waals surface area (Å²) in [6.45, 7) is 0. The van der Waals surface area contributed by atoms with Gasteiger partial charge in [0.25, 0.3) is 0 Å². The highest BCUT2D eigenvalue weighted by Crippen LogP contribution is 2.29. The number of benzene rings is 2. The molecule has 0 spiro atoms. The highest BCUT2D eigenvalue weighted by Gasteiger charge is 2.14. The van der Waals surface area contributed by atoms with Crippen LogP contribution in [0.15, 0.2) is 46.9 Å². The highest BCUT2D eigenvalue weighted by atomic mass is 79.9. The summed E-state index contributed by atoms with van der Waals surface area (Å²) in [5.41, 5.74) is 8.03. The summed E-state index contributed by atoms with van der Waals surface area (Å²) < 4.78 is 7.92. The number of hydrogen-bond acceptors (Lipinski definition) is 5. The van der Waals surface area contributed by atoms with Gasteiger partial charge in [-0.2, -0.15) is 4.68 Å². The predicted molar refractivity (Wildman–Crippen MR) is 83.3 cm³/mol. The summed E-state index contributed by atoms with van der Waals surface area (Å²) in [6, 6.07) is 13.0. The van der Waals surface area contributed by atoms with Gasteiger partial charge in [0.1, 0.15) is 11.4 Å². The Morgan fingerprint density at radius 1 is 1.14 bits per heavy atom. The number of hydrogen-bond donors (Lipinski definition) is 1. The molecule has 0 aliphatic heterocycles. The van der Waals surface area contributed by atoms with Crippen molar-refractivity contribution in [2.24, 2.45) is 0 Å². The van der Waals surface area contributed by atoms with Crippen LogP contribution in [0.5, 0.6) is 5.75 Å². The lowest BCUT2D eigenvalue weighted by Gasteiger charge is -2.10. The van der Waals surface area contributed by atoms with Gasteiger partial charge < -0.3 is 10.5 Å². The summed E-state index contributed by atoms with van der Waals surface area (Å²) in [5.74, 6) is 1.30. The van der Waals surface area contributed by atoms with Crippen LogP contribution < -0.4 is 10.5 Å². The first kappa shape index (κ1) is 13.6. The summed E-state index contributed by atoms with van der Waals surface area (Å²) >= 11 is 3.45. The summed E-state index contributed by atoms with van der Waals surface area (Å²) in [6.07, 6.45) is 0. The smallest absolute Gasteiger partial charge is 0.187 e. The molecule has 0 radical (unpaired) electrons. The SMILES string of the molecule is COc1ccc(Br)cc1-n1nnnc1-c1ccc(N)cc1. The molecule has 0 saturated carbocycles. The zero-order chi connectivity index (χ0) is 14.8. The Hall–Kier alpha value is -2.41. The second-order valence-electron chi connectivity index (χ2n) is 4.35. The van der Waals surface area contributed by atoms with Crippen LogP contribution in [0.4, 0.5) is 5.69 Å². The molecular weight excluding hydrogens is 334 g/mol. The summed E-state index contributed by atoms with van der Waals surface area (Å²) in [5, 5.41) is 11.9. The molecule has 6 nitrogen and oxygen atoms in total. The van der Waals surface area contributed by atoms with Crippen molar-refractivity contribution in [2.45, 2.75) is 0 Å². The van der Waals surface area contributed by atoms with Crippen LogP contribution in [-0.4, -0.2) is 27.3 Å². The number of anilines is 1. The standard InChI is InChI=1S/C14H12BrN5O/c1-21-13-7-4-10(15)8-12(13)20-14(17-18-19-20)9-2-5-11(16)6-3-9/h2-8H,16H2,1H3. The van der Waals surface area contributed by atoms with Gasteiger partial charge in [0.05, 0.1) is 7.11 Å². The Morgan fingerprint density at radius 2 is 1.90 bits per heavy atom. The maximum absolute atomic E-state index is 5.71. The van der Waals surface area contributed by atoms with Gasteiger partial charge >= 0.3 is 0 Å². The van der Waals surface area contributed by atoms with E-state index in [9.17, 15) is 0 Å². The van der Waals surface area contributed by atoms with Crippen molar-refractivity contribution in [3.63, 3.8) is 0 Å². The topological polar surface area (TPSA) is 78.8 Å². The zero-order valence-electron chi connectivity index (χ0n) is 11.2. The second-order valence-corrected chi connectivity index (χ2v) is 5.27. The number of ether oxygens (including phenoxy) is 1. The van der Waals surface area contributed by atoms with Gasteiger partial charge in [-0.15, -0.1) is 5.10 Å². The van der Waals surface area contributed by atoms with Crippen molar-refractivity contribution >= 4 is 21.6 Å². The van der Waals surface area contributed by atoms with E-state index in [1.165, 1.54) is 0 Å². The number of nitrogen functional groups attached to an aromatic ring is 1. The fraction of sp³-hybridized carbons (Fsp3) is 0.0714. The van der Waals surface area contributed by atoms with Crippen molar-refractivity contribution in [2.75, 3.05) is 12.8 Å². The number of tetrazole rings is 1. The molecule has 1 heterocycles. The summed E-state index contributed by atoms with van der Waals surface area (Å²) in [7, 11) is 1.61. The number of halogens is 1. The first-order valence-electron chi connectivity index (χ1n) is 6.17. The number of methoxy groups -OCH3 is 1. The predicted octanol–water partition coefficient (Wildman–Crippen LogP) is 2.68. The van der Waals surface area contributed by atoms with E-state index in [0.29, 0.717) is 17.3 Å². The molecule has 0 unspecified atom stereocenters. The van der Waals surface area contributed by atoms with Crippen molar-refractivity contribution in [3.05, 3.63) is 46.9 Å². The van der Waals surface area contributed by atoms with E-state index in [1.54, 1.807) is 11.8 Å². The van der Waals surface area contributed by atoms with E-state index < -0.39 is 0 Å². The lowest BCUT2D eigenvalue weighted by atomic mass is 10.2. The second kappa shape index (κ2) is 5.53. The van der Waals surface area contributed by atoms with Crippen molar-refractivity contribution in [1.82, 2.24) is 20.2 Å². The van der Waals surface area contributed by atoms with E-state index >= 15 is 0 Å². The zero-order valence-corrected chi connectivity index (χ0v) is 12.8. The van der Waals surface area contributed by atoms with E-state index in [4.69, 9.17) is 10.5 Å². The molecule has 7 heteroatoms. The minimum absolute atomic E-state index is 0.617. The van der Waals surface area contributed by atoms with E-state index in [-0.39, 0.29) is 0 Å². The number of rotatable bonds is 3. The molecule has 0 aliphatic rings. The van der Waals surface area contributed by atoms with E-state index in [2.05, 4.69) is 31.5 Å². The van der Waals surface area contributed by atoms with Gasteiger partial charge in [-0.05, 0) is 52.9 Å². The molecule has 21 heavy (non-hydrogen) atoms. The third-order valence-electron chi connectivity index (χ3n) is 3.01. The van der Waals surface area contributed by atoms with Crippen LogP contribution in [0.2, 0.25) is 0 Å². The fourth-order valence-corrected chi connectivity index (χ4v) is 2.34. The molecule has 0 amide bonds. The molecule has 0 bridgehead atoms. The molecular formula is C14H12BrN5O. The van der Waals surface area contributed by atoms with Gasteiger partial charge in [0.2, 0.25) is 0 Å². The first-order valence-corrected chi connectivity index (χ1v) is 6.96. The Labute approximate surface area is 129 Å². The minimum Gasteiger partial charge on any atom is -0.494 e. The van der Waals surface area contributed by atoms with Crippen molar-refractivity contribution < 1.29 is 4.74 Å². The molecule has 0 saturated heterocycles. The van der Waals surface area contributed by atoms with Crippen LogP contribution in [0, 0.1) is 0 Å². The summed E-state index contributed by atoms with van der Waals surface area (Å²) in [4.78, 5) is 0. The fourth-order valence-electron chi connectivity index (χ4n) is 1.99. The molecule has 0 atom stereocenters. The number of aromatic nitrogens is 4. The Morgan fingerprint density at radius 3 is 2.62 bits per heavy atom. The van der Waals surface area contributed by atoms with Crippen LogP contribution in [0.25, 0.3) is 17.1 Å². The van der Waals surface area contributed by atoms with Crippen LogP contribution in [0.1, 0.15) is 0 Å². The normalized spacial score (nSPS) is 10.6. The third-order valence-corrected chi connectivity index (χ3v) is 3.50. The van der Waals surface area contributed by atoms with Crippen molar-refractivity contribution in [3.8, 4) is 22.8 Å². The molecule has 2 N–H and O–H groups in total. The third kappa shape index (κ3) is 2.59. The average molecular weight is 346 g/mol. The quantitative estimate of drug-likeness (QED) is 0.738. The van der Waals surface area contributed by atoms with E-state index in [1.807, 2.05) is 42.5 Å². The lowest BCUT2D eigenvalue weighted by Crippen LogP contribution is -2.02. The average Bonchev–Trinajstić information content (AvgIpc) is 2.97. The van der Waals surface area contributed by atoms with Crippen LogP contribution in [-0.2, 0) is 0 Å². The Bertz CT molecular complexity index is 769. The maximum atomic E-state index is 5.71. The molecule has 1 aromatic heterocycles. The minimum atomic E-state index is 0.617. The highest BCUT2D eigenvalue weighted by molar-refractivity contribution is 9.10. The Kier molecular flexibility index (Phi) is 3.57. The molecule has 3 rings (SSSR count). The lowest BCUT2D eigenvalue weighted by molar-refractivity contribution is 0.411. The van der Waals surface area contributed by atoms with Gasteiger partial charge in [-0.3, -0.25) is 0 Å². The molecule has 3 aromatic rings. The Balaban J connectivity index is 2.15. The van der Waals surface area contributed by atoms with Crippen LogP contribution >= 0.6 is 15.9 Å². The molecule has 2 aromatic carbocycles. The molecule has 0 fully saturated rings. The van der Waals surface area contributed by atoms with Gasteiger partial charge in [0.15, 0.2) is 5.82 Å². The molecule has 0 aliphatic carbocycles. The number of nitrogens with two attached hydrogens (primary N) is 1. The maximum Gasteiger partial charge on any atom is 0.187 e. The molecule has 106 valence electrons. The largest absolute Gasteiger partial charge is 0.494 e. The van der Waals surface area contributed by atoms with Crippen molar-refractivity contribution in [1.29, 1.82) is 0 Å².